The molecular weight excluding hydrogens is 386 g/mol. The van der Waals surface area contributed by atoms with Crippen LogP contribution in [0.1, 0.15) is 22.3 Å². The summed E-state index contributed by atoms with van der Waals surface area (Å²) in [4.78, 5) is 17.7. The molecule has 0 amide bonds. The monoisotopic (exact) mass is 409 g/mol. The van der Waals surface area contributed by atoms with Gasteiger partial charge in [-0.2, -0.15) is 0 Å². The van der Waals surface area contributed by atoms with Crippen molar-refractivity contribution in [2.45, 2.75) is 26.9 Å². The zero-order chi connectivity index (χ0) is 20.5. The average molecular weight is 410 g/mol. The van der Waals surface area contributed by atoms with Crippen molar-refractivity contribution >= 4 is 28.2 Å². The Kier molecular flexibility index (Phi) is 5.15. The fourth-order valence-electron chi connectivity index (χ4n) is 3.66. The van der Waals surface area contributed by atoms with Crippen molar-refractivity contribution in [3.63, 3.8) is 0 Å². The van der Waals surface area contributed by atoms with Crippen LogP contribution < -0.4 is 20.3 Å². The lowest BCUT2D eigenvalue weighted by Crippen LogP contribution is -2.38. The maximum absolute atomic E-state index is 12.7. The molecule has 1 aliphatic heterocycles. The minimum Gasteiger partial charge on any atom is -0.454 e. The number of fused-ring (bicyclic) bond motifs is 2. The van der Waals surface area contributed by atoms with Crippen LogP contribution in [0.25, 0.3) is 10.9 Å². The fraction of sp³-hybridized carbons (Fsp3) is 0.273. The Balaban J connectivity index is 1.65. The van der Waals surface area contributed by atoms with E-state index in [2.05, 4.69) is 23.3 Å². The van der Waals surface area contributed by atoms with Gasteiger partial charge in [0.1, 0.15) is 0 Å². The molecule has 29 heavy (non-hydrogen) atoms. The number of ether oxygens (including phenoxy) is 2. The lowest BCUT2D eigenvalue weighted by molar-refractivity contribution is 0.174. The van der Waals surface area contributed by atoms with Crippen molar-refractivity contribution in [2.75, 3.05) is 13.8 Å². The molecule has 1 aliphatic rings. The van der Waals surface area contributed by atoms with Crippen molar-refractivity contribution in [2.24, 2.45) is 0 Å². The molecular formula is C22H23N3O3S. The van der Waals surface area contributed by atoms with E-state index in [1.54, 1.807) is 7.05 Å². The molecule has 150 valence electrons. The Labute approximate surface area is 174 Å². The van der Waals surface area contributed by atoms with Crippen LogP contribution in [0.15, 0.2) is 41.2 Å². The summed E-state index contributed by atoms with van der Waals surface area (Å²) in [7, 11) is 1.78. The van der Waals surface area contributed by atoms with Gasteiger partial charge in [-0.15, -0.1) is 0 Å². The molecule has 2 heterocycles. The molecule has 0 unspecified atom stereocenters. The number of rotatable bonds is 4. The van der Waals surface area contributed by atoms with Crippen LogP contribution >= 0.6 is 12.2 Å². The Morgan fingerprint density at radius 1 is 1.14 bits per heavy atom. The first-order valence-electron chi connectivity index (χ1n) is 9.43. The maximum atomic E-state index is 12.7. The molecule has 3 aromatic rings. The lowest BCUT2D eigenvalue weighted by Gasteiger charge is -2.25. The van der Waals surface area contributed by atoms with Gasteiger partial charge in [-0.25, -0.2) is 0 Å². The van der Waals surface area contributed by atoms with Crippen molar-refractivity contribution in [1.82, 2.24) is 15.2 Å². The van der Waals surface area contributed by atoms with Crippen LogP contribution in [-0.2, 0) is 13.1 Å². The maximum Gasteiger partial charge on any atom is 0.253 e. The molecule has 0 fully saturated rings. The first kappa shape index (κ1) is 19.3. The van der Waals surface area contributed by atoms with Crippen molar-refractivity contribution in [1.29, 1.82) is 0 Å². The molecule has 0 bridgehead atoms. The second kappa shape index (κ2) is 7.75. The first-order chi connectivity index (χ1) is 13.9. The van der Waals surface area contributed by atoms with Gasteiger partial charge in [-0.3, -0.25) is 4.79 Å². The van der Waals surface area contributed by atoms with Gasteiger partial charge in [-0.1, -0.05) is 12.1 Å². The van der Waals surface area contributed by atoms with E-state index in [-0.39, 0.29) is 12.4 Å². The summed E-state index contributed by atoms with van der Waals surface area (Å²) in [5, 5.41) is 4.64. The number of pyridine rings is 1. The van der Waals surface area contributed by atoms with E-state index in [0.29, 0.717) is 23.8 Å². The number of nitrogens with one attached hydrogen (secondary N) is 2. The van der Waals surface area contributed by atoms with E-state index in [1.807, 2.05) is 42.2 Å². The van der Waals surface area contributed by atoms with Gasteiger partial charge in [0.05, 0.1) is 6.54 Å². The Hall–Kier alpha value is -3.06. The van der Waals surface area contributed by atoms with Crippen molar-refractivity contribution < 1.29 is 9.47 Å². The molecule has 0 saturated heterocycles. The number of aromatic nitrogens is 1. The molecule has 0 saturated carbocycles. The highest BCUT2D eigenvalue weighted by atomic mass is 32.1. The number of thiocarbonyl (C=S) groups is 1. The second-order valence-electron chi connectivity index (χ2n) is 7.27. The molecule has 4 rings (SSSR count). The second-order valence-corrected chi connectivity index (χ2v) is 7.65. The highest BCUT2D eigenvalue weighted by Gasteiger charge is 2.17. The summed E-state index contributed by atoms with van der Waals surface area (Å²) < 4.78 is 10.9. The number of hydrogen-bond donors (Lipinski definition) is 2. The third-order valence-corrected chi connectivity index (χ3v) is 5.52. The molecule has 0 spiro atoms. The first-order valence-corrected chi connectivity index (χ1v) is 9.84. The molecule has 0 radical (unpaired) electrons. The van der Waals surface area contributed by atoms with Crippen LogP contribution in [0, 0.1) is 13.8 Å². The number of aryl methyl sites for hydroxylation is 2. The van der Waals surface area contributed by atoms with Crippen molar-refractivity contribution in [3.8, 4) is 11.5 Å². The quantitative estimate of drug-likeness (QED) is 0.644. The van der Waals surface area contributed by atoms with Crippen LogP contribution in [-0.4, -0.2) is 28.8 Å². The van der Waals surface area contributed by atoms with Gasteiger partial charge >= 0.3 is 0 Å². The normalized spacial score (nSPS) is 12.2. The standard InChI is InChI=1S/C22H23N3O3S/c1-13-6-14(2)17-9-16(21(26)24-18(17)7-13)11-25(22(29)23-3)10-15-4-5-19-20(8-15)28-12-27-19/h4-9H,10-12H2,1-3H3,(H,23,29)(H,24,26). The van der Waals surface area contributed by atoms with Gasteiger partial charge in [0.15, 0.2) is 16.6 Å². The zero-order valence-corrected chi connectivity index (χ0v) is 17.5. The summed E-state index contributed by atoms with van der Waals surface area (Å²) in [5.41, 5.74) is 4.71. The zero-order valence-electron chi connectivity index (χ0n) is 16.7. The van der Waals surface area contributed by atoms with E-state index >= 15 is 0 Å². The number of benzene rings is 2. The van der Waals surface area contributed by atoms with Gasteiger partial charge in [0, 0.05) is 30.1 Å². The van der Waals surface area contributed by atoms with E-state index < -0.39 is 0 Å². The Morgan fingerprint density at radius 2 is 1.93 bits per heavy atom. The summed E-state index contributed by atoms with van der Waals surface area (Å²) in [6.45, 7) is 5.26. The number of H-pyrrole nitrogens is 1. The van der Waals surface area contributed by atoms with Crippen LogP contribution in [0.5, 0.6) is 11.5 Å². The fourth-order valence-corrected chi connectivity index (χ4v) is 3.79. The predicted octanol–water partition coefficient (Wildman–Crippen LogP) is 3.38. The predicted molar refractivity (Wildman–Crippen MR) is 118 cm³/mol. The SMILES string of the molecule is CNC(=S)N(Cc1ccc2c(c1)OCO2)Cc1cc2c(C)cc(C)cc2[nH]c1=O. The highest BCUT2D eigenvalue weighted by Crippen LogP contribution is 2.33. The number of hydrogen-bond acceptors (Lipinski definition) is 4. The molecule has 0 aliphatic carbocycles. The topological polar surface area (TPSA) is 66.6 Å². The van der Waals surface area contributed by atoms with Gasteiger partial charge in [0.2, 0.25) is 6.79 Å². The molecule has 2 aromatic carbocycles. The molecule has 6 nitrogen and oxygen atoms in total. The number of aromatic amines is 1. The Bertz CT molecular complexity index is 1160. The van der Waals surface area contributed by atoms with E-state index in [0.717, 1.165) is 39.1 Å². The smallest absolute Gasteiger partial charge is 0.253 e. The van der Waals surface area contributed by atoms with Crippen molar-refractivity contribution in [3.05, 3.63) is 69.0 Å². The molecule has 1 aromatic heterocycles. The van der Waals surface area contributed by atoms with Gasteiger partial charge in [0.25, 0.3) is 5.56 Å². The van der Waals surface area contributed by atoms with Crippen LogP contribution in [0.2, 0.25) is 0 Å². The minimum atomic E-state index is -0.0999. The van der Waals surface area contributed by atoms with Crippen LogP contribution in [0.4, 0.5) is 0 Å². The van der Waals surface area contributed by atoms with Gasteiger partial charge < -0.3 is 24.7 Å². The summed E-state index contributed by atoms with van der Waals surface area (Å²) in [6, 6.07) is 11.9. The van der Waals surface area contributed by atoms with E-state index in [9.17, 15) is 4.79 Å². The Morgan fingerprint density at radius 3 is 2.72 bits per heavy atom. The summed E-state index contributed by atoms with van der Waals surface area (Å²) >= 11 is 5.50. The van der Waals surface area contributed by atoms with Gasteiger partial charge in [-0.05, 0) is 67.0 Å². The van der Waals surface area contributed by atoms with E-state index in [4.69, 9.17) is 21.7 Å². The van der Waals surface area contributed by atoms with E-state index in [1.165, 1.54) is 0 Å². The average Bonchev–Trinajstić information content (AvgIpc) is 3.15. The summed E-state index contributed by atoms with van der Waals surface area (Å²) in [6.07, 6.45) is 0. The highest BCUT2D eigenvalue weighted by molar-refractivity contribution is 7.80. The molecule has 7 heteroatoms. The lowest BCUT2D eigenvalue weighted by atomic mass is 10.0. The third kappa shape index (κ3) is 3.91. The largest absolute Gasteiger partial charge is 0.454 e. The molecule has 2 N–H and O–H groups in total. The summed E-state index contributed by atoms with van der Waals surface area (Å²) in [5.74, 6) is 1.47. The number of nitrogens with zero attached hydrogens (tertiary/aromatic N) is 1. The minimum absolute atomic E-state index is 0.0999. The third-order valence-electron chi connectivity index (χ3n) is 5.06. The van der Waals surface area contributed by atoms with Crippen LogP contribution in [0.3, 0.4) is 0 Å². The molecule has 0 atom stereocenters.